The molecule has 1 aromatic heterocycles. The minimum atomic E-state index is -0.129. The Morgan fingerprint density at radius 2 is 2.23 bits per heavy atom. The lowest BCUT2D eigenvalue weighted by Crippen LogP contribution is -2.39. The number of ether oxygens (including phenoxy) is 1. The van der Waals surface area contributed by atoms with E-state index in [9.17, 15) is 9.90 Å². The number of carbonyl (C=O) groups is 1. The molecule has 1 saturated heterocycles. The van der Waals surface area contributed by atoms with E-state index in [1.807, 2.05) is 34.7 Å². The molecule has 1 amide bonds. The van der Waals surface area contributed by atoms with Crippen LogP contribution in [0.5, 0.6) is 5.75 Å². The van der Waals surface area contributed by atoms with E-state index in [0.29, 0.717) is 12.4 Å². The molecule has 26 heavy (non-hydrogen) atoms. The quantitative estimate of drug-likeness (QED) is 0.904. The van der Waals surface area contributed by atoms with Crippen LogP contribution in [-0.4, -0.2) is 50.4 Å². The number of aryl methyl sites for hydroxylation is 1. The first-order valence-electron chi connectivity index (χ1n) is 9.21. The molecular formula is C19H24N4O3. The van der Waals surface area contributed by atoms with Gasteiger partial charge < -0.3 is 19.3 Å². The molecule has 7 heteroatoms. The maximum absolute atomic E-state index is 13.0. The van der Waals surface area contributed by atoms with E-state index in [2.05, 4.69) is 10.2 Å². The zero-order valence-electron chi connectivity index (χ0n) is 15.0. The van der Waals surface area contributed by atoms with Crippen LogP contribution >= 0.6 is 0 Å². The van der Waals surface area contributed by atoms with Crippen LogP contribution in [0, 0.1) is 0 Å². The van der Waals surface area contributed by atoms with Gasteiger partial charge in [-0.2, -0.15) is 0 Å². The zero-order chi connectivity index (χ0) is 18.1. The minimum absolute atomic E-state index is 0.0626. The molecule has 2 aliphatic heterocycles. The molecular weight excluding hydrogens is 332 g/mol. The van der Waals surface area contributed by atoms with Gasteiger partial charge in [0.25, 0.3) is 5.91 Å². The number of aliphatic hydroxyl groups excluding tert-OH is 1. The van der Waals surface area contributed by atoms with Crippen LogP contribution in [0.2, 0.25) is 0 Å². The monoisotopic (exact) mass is 356 g/mol. The van der Waals surface area contributed by atoms with Crippen molar-refractivity contribution in [2.24, 2.45) is 7.05 Å². The molecule has 0 unspecified atom stereocenters. The van der Waals surface area contributed by atoms with Crippen LogP contribution < -0.4 is 4.74 Å². The summed E-state index contributed by atoms with van der Waals surface area (Å²) in [5.41, 5.74) is 1.85. The maximum atomic E-state index is 13.0. The second-order valence-corrected chi connectivity index (χ2v) is 7.06. The number of hydrogen-bond acceptors (Lipinski definition) is 5. The van der Waals surface area contributed by atoms with Crippen molar-refractivity contribution in [1.29, 1.82) is 0 Å². The number of amides is 1. The number of rotatable bonds is 3. The number of hydrogen-bond donors (Lipinski definition) is 1. The van der Waals surface area contributed by atoms with Crippen molar-refractivity contribution in [3.05, 3.63) is 41.0 Å². The summed E-state index contributed by atoms with van der Waals surface area (Å²) in [5, 5.41) is 17.6. The third-order valence-corrected chi connectivity index (χ3v) is 5.37. The number of fused-ring (bicyclic) bond motifs is 1. The van der Waals surface area contributed by atoms with Gasteiger partial charge in [-0.15, -0.1) is 10.2 Å². The molecule has 2 aliphatic rings. The van der Waals surface area contributed by atoms with Crippen molar-refractivity contribution in [3.63, 3.8) is 0 Å². The van der Waals surface area contributed by atoms with E-state index in [4.69, 9.17) is 4.74 Å². The van der Waals surface area contributed by atoms with Crippen molar-refractivity contribution < 1.29 is 14.6 Å². The molecule has 4 rings (SSSR count). The third-order valence-electron chi connectivity index (χ3n) is 5.37. The van der Waals surface area contributed by atoms with E-state index >= 15 is 0 Å². The Hall–Kier alpha value is -2.41. The second-order valence-electron chi connectivity index (χ2n) is 7.06. The Balaban J connectivity index is 1.52. The first kappa shape index (κ1) is 17.0. The fourth-order valence-electron chi connectivity index (χ4n) is 3.92. The summed E-state index contributed by atoms with van der Waals surface area (Å²) in [6.45, 7) is 2.01. The lowest BCUT2D eigenvalue weighted by Gasteiger charge is -2.32. The van der Waals surface area contributed by atoms with Gasteiger partial charge in [-0.25, -0.2) is 0 Å². The molecule has 138 valence electrons. The first-order chi connectivity index (χ1) is 12.7. The molecule has 7 nitrogen and oxygen atoms in total. The Bertz CT molecular complexity index is 817. The molecule has 0 saturated carbocycles. The lowest BCUT2D eigenvalue weighted by molar-refractivity contribution is 0.0703. The smallest absolute Gasteiger partial charge is 0.253 e. The molecule has 0 bridgehead atoms. The molecule has 3 heterocycles. The van der Waals surface area contributed by atoms with Crippen molar-refractivity contribution in [1.82, 2.24) is 19.7 Å². The van der Waals surface area contributed by atoms with Gasteiger partial charge in [0.2, 0.25) is 0 Å². The highest BCUT2D eigenvalue weighted by atomic mass is 16.5. The Morgan fingerprint density at radius 1 is 1.35 bits per heavy atom. The summed E-state index contributed by atoms with van der Waals surface area (Å²) in [7, 11) is 1.87. The van der Waals surface area contributed by atoms with E-state index in [-0.39, 0.29) is 18.4 Å². The minimum Gasteiger partial charge on any atom is -0.493 e. The Kier molecular flexibility index (Phi) is 4.63. The molecule has 1 aromatic carbocycles. The standard InChI is InChI=1S/C19H24N4O3/c1-22-17(12-24)20-21-18(22)15-4-2-8-23(11-15)19(25)14-6-7-16-13(10-14)5-3-9-26-16/h6-7,10,15,24H,2-5,8-9,11-12H2,1H3/t15-/m1/s1. The van der Waals surface area contributed by atoms with Crippen LogP contribution in [-0.2, 0) is 20.1 Å². The largest absolute Gasteiger partial charge is 0.493 e. The number of likely N-dealkylation sites (tertiary alicyclic amines) is 1. The van der Waals surface area contributed by atoms with Gasteiger partial charge in [0.15, 0.2) is 5.82 Å². The number of carbonyl (C=O) groups excluding carboxylic acids is 1. The van der Waals surface area contributed by atoms with Crippen LogP contribution in [0.4, 0.5) is 0 Å². The number of nitrogens with zero attached hydrogens (tertiary/aromatic N) is 4. The second kappa shape index (κ2) is 7.07. The van der Waals surface area contributed by atoms with Crippen LogP contribution in [0.3, 0.4) is 0 Å². The fraction of sp³-hybridized carbons (Fsp3) is 0.526. The van der Waals surface area contributed by atoms with Gasteiger partial charge in [-0.05, 0) is 49.4 Å². The predicted molar refractivity (Wildman–Crippen MR) is 95.1 cm³/mol. The summed E-state index contributed by atoms with van der Waals surface area (Å²) in [4.78, 5) is 14.9. The average molecular weight is 356 g/mol. The highest BCUT2D eigenvalue weighted by molar-refractivity contribution is 5.94. The number of aromatic nitrogens is 3. The summed E-state index contributed by atoms with van der Waals surface area (Å²) in [6, 6.07) is 5.76. The fourth-order valence-corrected chi connectivity index (χ4v) is 3.92. The number of piperidine rings is 1. The molecule has 1 atom stereocenters. The number of aliphatic hydroxyl groups is 1. The van der Waals surface area contributed by atoms with Gasteiger partial charge in [-0.3, -0.25) is 4.79 Å². The summed E-state index contributed by atoms with van der Waals surface area (Å²) in [6.07, 6.45) is 3.86. The first-order valence-corrected chi connectivity index (χ1v) is 9.21. The third kappa shape index (κ3) is 3.07. The van der Waals surface area contributed by atoms with E-state index in [0.717, 1.165) is 61.5 Å². The Labute approximate surface area is 152 Å². The predicted octanol–water partition coefficient (Wildman–Crippen LogP) is 1.65. The SMILES string of the molecule is Cn1c(CO)nnc1[C@@H]1CCCN(C(=O)c2ccc3c(c2)CCCO3)C1. The molecule has 2 aromatic rings. The van der Waals surface area contributed by atoms with Gasteiger partial charge in [0.05, 0.1) is 6.61 Å². The summed E-state index contributed by atoms with van der Waals surface area (Å²) in [5.74, 6) is 2.50. The van der Waals surface area contributed by atoms with Gasteiger partial charge >= 0.3 is 0 Å². The Morgan fingerprint density at radius 3 is 3.04 bits per heavy atom. The molecule has 0 aliphatic carbocycles. The molecule has 0 spiro atoms. The van der Waals surface area contributed by atoms with Gasteiger partial charge in [0.1, 0.15) is 18.2 Å². The summed E-state index contributed by atoms with van der Waals surface area (Å²) >= 11 is 0. The number of benzene rings is 1. The maximum Gasteiger partial charge on any atom is 0.253 e. The topological polar surface area (TPSA) is 80.5 Å². The lowest BCUT2D eigenvalue weighted by atomic mass is 9.96. The highest BCUT2D eigenvalue weighted by Gasteiger charge is 2.29. The normalized spacial score (nSPS) is 19.8. The van der Waals surface area contributed by atoms with Crippen molar-refractivity contribution in [2.45, 2.75) is 38.2 Å². The van der Waals surface area contributed by atoms with Gasteiger partial charge in [0, 0.05) is 31.6 Å². The van der Waals surface area contributed by atoms with E-state index in [1.54, 1.807) is 0 Å². The van der Waals surface area contributed by atoms with Crippen LogP contribution in [0.15, 0.2) is 18.2 Å². The van der Waals surface area contributed by atoms with Crippen molar-refractivity contribution in [3.8, 4) is 5.75 Å². The highest BCUT2D eigenvalue weighted by Crippen LogP contribution is 2.29. The molecule has 1 N–H and O–H groups in total. The van der Waals surface area contributed by atoms with Crippen LogP contribution in [0.25, 0.3) is 0 Å². The summed E-state index contributed by atoms with van der Waals surface area (Å²) < 4.78 is 7.48. The van der Waals surface area contributed by atoms with E-state index in [1.165, 1.54) is 0 Å². The molecule has 1 fully saturated rings. The average Bonchev–Trinajstić information content (AvgIpc) is 3.07. The zero-order valence-corrected chi connectivity index (χ0v) is 15.0. The van der Waals surface area contributed by atoms with Gasteiger partial charge in [-0.1, -0.05) is 0 Å². The van der Waals surface area contributed by atoms with E-state index < -0.39 is 0 Å². The van der Waals surface area contributed by atoms with Crippen LogP contribution in [0.1, 0.15) is 52.8 Å². The van der Waals surface area contributed by atoms with Crippen molar-refractivity contribution >= 4 is 5.91 Å². The molecule has 0 radical (unpaired) electrons. The van der Waals surface area contributed by atoms with Crippen molar-refractivity contribution in [2.75, 3.05) is 19.7 Å².